The van der Waals surface area contributed by atoms with Crippen LogP contribution in [-0.4, -0.2) is 66.9 Å². The first-order valence-corrected chi connectivity index (χ1v) is 7.56. The third-order valence-electron chi connectivity index (χ3n) is 3.64. The average molecular weight is 299 g/mol. The number of rotatable bonds is 6. The number of aliphatic hydroxyl groups excluding tert-OH is 1. The van der Waals surface area contributed by atoms with Gasteiger partial charge in [-0.15, -0.1) is 0 Å². The fourth-order valence-corrected chi connectivity index (χ4v) is 2.49. The average Bonchev–Trinajstić information content (AvgIpc) is 2.47. The lowest BCUT2D eigenvalue weighted by molar-refractivity contribution is 0.0471. The quantitative estimate of drug-likeness (QED) is 0.867. The molecule has 1 heterocycles. The summed E-state index contributed by atoms with van der Waals surface area (Å²) in [5, 5.41) is 10.7. The summed E-state index contributed by atoms with van der Waals surface area (Å²) < 4.78 is 5.56. The summed E-state index contributed by atoms with van der Waals surface area (Å²) in [5.41, 5.74) is 0. The van der Waals surface area contributed by atoms with Crippen LogP contribution in [0.25, 0.3) is 0 Å². The maximum absolute atomic E-state index is 10.0. The summed E-state index contributed by atoms with van der Waals surface area (Å²) in [6, 6.07) is 7.20. The molecular weight excluding hydrogens is 276 g/mol. The number of hydrogen-bond donors (Lipinski definition) is 1. The van der Waals surface area contributed by atoms with Crippen molar-refractivity contribution in [2.75, 3.05) is 45.9 Å². The molecule has 0 unspecified atom stereocenters. The lowest BCUT2D eigenvalue weighted by Crippen LogP contribution is -2.49. The van der Waals surface area contributed by atoms with Crippen molar-refractivity contribution >= 4 is 11.6 Å². The van der Waals surface area contributed by atoms with Crippen LogP contribution in [-0.2, 0) is 0 Å². The minimum absolute atomic E-state index is 0.315. The first kappa shape index (κ1) is 15.6. The largest absolute Gasteiger partial charge is 0.491 e. The molecule has 0 saturated carbocycles. The van der Waals surface area contributed by atoms with Gasteiger partial charge in [0.25, 0.3) is 0 Å². The molecule has 1 N–H and O–H groups in total. The zero-order chi connectivity index (χ0) is 14.4. The van der Waals surface area contributed by atoms with E-state index in [2.05, 4.69) is 16.7 Å². The number of ether oxygens (including phenoxy) is 1. The third-order valence-corrected chi connectivity index (χ3v) is 3.89. The van der Waals surface area contributed by atoms with E-state index in [1.54, 1.807) is 12.1 Å². The summed E-state index contributed by atoms with van der Waals surface area (Å²) >= 11 is 5.81. The number of nitrogens with zero attached hydrogens (tertiary/aromatic N) is 2. The molecule has 1 atom stereocenters. The van der Waals surface area contributed by atoms with E-state index in [0.29, 0.717) is 18.2 Å². The standard InChI is InChI=1S/C15H23ClN2O2/c1-2-17-7-9-18(10-8-17)11-14(19)12-20-15-5-3-13(16)4-6-15/h3-6,14,19H,2,7-12H2,1H3/t14-/m1/s1. The molecule has 4 nitrogen and oxygen atoms in total. The van der Waals surface area contributed by atoms with Gasteiger partial charge in [0, 0.05) is 37.7 Å². The molecule has 0 radical (unpaired) electrons. The molecule has 20 heavy (non-hydrogen) atoms. The molecule has 0 amide bonds. The first-order valence-electron chi connectivity index (χ1n) is 7.18. The van der Waals surface area contributed by atoms with Crippen molar-refractivity contribution in [2.24, 2.45) is 0 Å². The Balaban J connectivity index is 1.68. The van der Waals surface area contributed by atoms with E-state index < -0.39 is 6.10 Å². The number of likely N-dealkylation sites (N-methyl/N-ethyl adjacent to an activating group) is 1. The molecule has 1 saturated heterocycles. The van der Waals surface area contributed by atoms with E-state index in [4.69, 9.17) is 16.3 Å². The number of halogens is 1. The van der Waals surface area contributed by atoms with Crippen molar-refractivity contribution in [1.29, 1.82) is 0 Å². The van der Waals surface area contributed by atoms with Crippen LogP contribution in [0.5, 0.6) is 5.75 Å². The molecule has 0 bridgehead atoms. The maximum Gasteiger partial charge on any atom is 0.119 e. The summed E-state index contributed by atoms with van der Waals surface area (Å²) in [4.78, 5) is 4.72. The number of aliphatic hydroxyl groups is 1. The predicted octanol–water partition coefficient (Wildman–Crippen LogP) is 1.72. The zero-order valence-electron chi connectivity index (χ0n) is 12.0. The summed E-state index contributed by atoms with van der Waals surface area (Å²) in [7, 11) is 0. The minimum Gasteiger partial charge on any atom is -0.491 e. The molecule has 1 aromatic carbocycles. The van der Waals surface area contributed by atoms with Crippen molar-refractivity contribution < 1.29 is 9.84 Å². The second-order valence-electron chi connectivity index (χ2n) is 5.15. The van der Waals surface area contributed by atoms with E-state index in [-0.39, 0.29) is 0 Å². The van der Waals surface area contributed by atoms with Crippen molar-refractivity contribution in [1.82, 2.24) is 9.80 Å². The van der Waals surface area contributed by atoms with Crippen LogP contribution in [0.1, 0.15) is 6.92 Å². The second-order valence-corrected chi connectivity index (χ2v) is 5.59. The first-order chi connectivity index (χ1) is 9.67. The molecule has 0 spiro atoms. The Hall–Kier alpha value is -0.810. The summed E-state index contributed by atoms with van der Waals surface area (Å²) in [6.07, 6.45) is -0.459. The number of β-amino-alcohol motifs (C(OH)–C–C–N with tert-alkyl or cyclic N) is 1. The van der Waals surface area contributed by atoms with Crippen LogP contribution in [0.3, 0.4) is 0 Å². The van der Waals surface area contributed by atoms with Gasteiger partial charge in [0.15, 0.2) is 0 Å². The molecule has 1 fully saturated rings. The Morgan fingerprint density at radius 2 is 1.75 bits per heavy atom. The van der Waals surface area contributed by atoms with Crippen molar-refractivity contribution in [3.05, 3.63) is 29.3 Å². The molecule has 112 valence electrons. The highest BCUT2D eigenvalue weighted by molar-refractivity contribution is 6.30. The van der Waals surface area contributed by atoms with Crippen molar-refractivity contribution in [2.45, 2.75) is 13.0 Å². The van der Waals surface area contributed by atoms with Crippen molar-refractivity contribution in [3.8, 4) is 5.75 Å². The van der Waals surface area contributed by atoms with Gasteiger partial charge in [-0.1, -0.05) is 18.5 Å². The van der Waals surface area contributed by atoms with Gasteiger partial charge >= 0.3 is 0 Å². The highest BCUT2D eigenvalue weighted by Crippen LogP contribution is 2.15. The fraction of sp³-hybridized carbons (Fsp3) is 0.600. The fourth-order valence-electron chi connectivity index (χ4n) is 2.36. The minimum atomic E-state index is -0.459. The Kier molecular flexibility index (Phi) is 6.10. The van der Waals surface area contributed by atoms with E-state index in [0.717, 1.165) is 38.5 Å². The summed E-state index contributed by atoms with van der Waals surface area (Å²) in [5.74, 6) is 0.740. The van der Waals surface area contributed by atoms with E-state index in [1.165, 1.54) is 0 Å². The number of hydrogen-bond acceptors (Lipinski definition) is 4. The third kappa shape index (κ3) is 4.94. The van der Waals surface area contributed by atoms with Crippen LogP contribution < -0.4 is 4.74 Å². The van der Waals surface area contributed by atoms with Crippen LogP contribution in [0.15, 0.2) is 24.3 Å². The Morgan fingerprint density at radius 1 is 1.15 bits per heavy atom. The zero-order valence-corrected chi connectivity index (χ0v) is 12.7. The lowest BCUT2D eigenvalue weighted by atomic mass is 10.2. The Bertz CT molecular complexity index is 391. The van der Waals surface area contributed by atoms with Gasteiger partial charge in [-0.2, -0.15) is 0 Å². The second kappa shape index (κ2) is 7.84. The van der Waals surface area contributed by atoms with Gasteiger partial charge in [0.2, 0.25) is 0 Å². The Morgan fingerprint density at radius 3 is 2.35 bits per heavy atom. The molecule has 1 aliphatic rings. The Labute approximate surface area is 125 Å². The van der Waals surface area contributed by atoms with Gasteiger partial charge in [-0.3, -0.25) is 4.90 Å². The monoisotopic (exact) mass is 298 g/mol. The SMILES string of the molecule is CCN1CCN(C[C@@H](O)COc2ccc(Cl)cc2)CC1. The molecule has 0 aliphatic carbocycles. The number of benzene rings is 1. The van der Waals surface area contributed by atoms with Crippen molar-refractivity contribution in [3.63, 3.8) is 0 Å². The summed E-state index contributed by atoms with van der Waals surface area (Å²) in [6.45, 7) is 8.49. The topological polar surface area (TPSA) is 35.9 Å². The van der Waals surface area contributed by atoms with Crippen LogP contribution in [0, 0.1) is 0 Å². The van der Waals surface area contributed by atoms with Gasteiger partial charge in [-0.25, -0.2) is 0 Å². The van der Waals surface area contributed by atoms with E-state index in [9.17, 15) is 5.11 Å². The smallest absolute Gasteiger partial charge is 0.119 e. The molecule has 1 aromatic rings. The normalized spacial score (nSPS) is 18.9. The molecule has 1 aliphatic heterocycles. The van der Waals surface area contributed by atoms with Gasteiger partial charge in [0.05, 0.1) is 0 Å². The number of piperazine rings is 1. The van der Waals surface area contributed by atoms with Crippen LogP contribution in [0.4, 0.5) is 0 Å². The highest BCUT2D eigenvalue weighted by atomic mass is 35.5. The molecule has 0 aromatic heterocycles. The maximum atomic E-state index is 10.0. The molecular formula is C15H23ClN2O2. The highest BCUT2D eigenvalue weighted by Gasteiger charge is 2.18. The van der Waals surface area contributed by atoms with E-state index >= 15 is 0 Å². The lowest BCUT2D eigenvalue weighted by Gasteiger charge is -2.34. The van der Waals surface area contributed by atoms with E-state index in [1.807, 2.05) is 12.1 Å². The van der Waals surface area contributed by atoms with Gasteiger partial charge in [0.1, 0.15) is 18.5 Å². The van der Waals surface area contributed by atoms with Crippen LogP contribution in [0.2, 0.25) is 5.02 Å². The molecule has 5 heteroatoms. The van der Waals surface area contributed by atoms with Gasteiger partial charge < -0.3 is 14.7 Å². The predicted molar refractivity (Wildman–Crippen MR) is 81.5 cm³/mol. The van der Waals surface area contributed by atoms with Crippen LogP contribution >= 0.6 is 11.6 Å². The van der Waals surface area contributed by atoms with Gasteiger partial charge in [-0.05, 0) is 30.8 Å². The molecule has 2 rings (SSSR count).